The molecule has 0 radical (unpaired) electrons. The summed E-state index contributed by atoms with van der Waals surface area (Å²) in [5.41, 5.74) is 15.4. The van der Waals surface area contributed by atoms with Gasteiger partial charge < -0.3 is 42.5 Å². The molecule has 0 aliphatic carbocycles. The van der Waals surface area contributed by atoms with Crippen LogP contribution in [0.4, 0.5) is 0 Å². The molecule has 4 aromatic rings. The number of hydrogen-bond acceptors (Lipinski definition) is 8. The Balaban J connectivity index is 1.41. The Morgan fingerprint density at radius 1 is 0.655 bits per heavy atom. The van der Waals surface area contributed by atoms with Crippen molar-refractivity contribution in [1.82, 2.24) is 20.9 Å². The van der Waals surface area contributed by atoms with Gasteiger partial charge in [-0.05, 0) is 46.4 Å². The van der Waals surface area contributed by atoms with Crippen LogP contribution < -0.4 is 27.4 Å². The van der Waals surface area contributed by atoms with Gasteiger partial charge in [-0.25, -0.2) is 4.79 Å². The second-order valence-electron chi connectivity index (χ2n) is 13.5. The van der Waals surface area contributed by atoms with Gasteiger partial charge in [0.2, 0.25) is 29.5 Å². The Morgan fingerprint density at radius 2 is 1.15 bits per heavy atom. The Hall–Kier alpha value is -6.54. The molecule has 0 saturated heterocycles. The highest BCUT2D eigenvalue weighted by Crippen LogP contribution is 2.25. The summed E-state index contributed by atoms with van der Waals surface area (Å²) in [6.07, 6.45) is -0.409. The van der Waals surface area contributed by atoms with E-state index in [9.17, 15) is 39.0 Å². The number of rotatable bonds is 16. The summed E-state index contributed by atoms with van der Waals surface area (Å²) >= 11 is 0. The van der Waals surface area contributed by atoms with E-state index >= 15 is 0 Å². The number of nitrogens with two attached hydrogens (primary N) is 2. The number of carbonyl (C=O) groups is 6. The summed E-state index contributed by atoms with van der Waals surface area (Å²) in [5.74, 6) is -5.07. The van der Waals surface area contributed by atoms with E-state index in [-0.39, 0.29) is 38.0 Å². The first kappa shape index (κ1) is 39.7. The number of nitrogens with one attached hydrogen (secondary N) is 3. The molecule has 286 valence electrons. The van der Waals surface area contributed by atoms with Gasteiger partial charge in [0.1, 0.15) is 29.9 Å². The van der Waals surface area contributed by atoms with Crippen LogP contribution in [0.1, 0.15) is 34.2 Å². The smallest absolute Gasteiger partial charge is 0.326 e. The van der Waals surface area contributed by atoms with Crippen molar-refractivity contribution < 1.29 is 39.0 Å². The fourth-order valence-corrected chi connectivity index (χ4v) is 6.51. The summed E-state index contributed by atoms with van der Waals surface area (Å²) in [5, 5.41) is 27.2. The number of aromatic hydroxyl groups is 1. The summed E-state index contributed by atoms with van der Waals surface area (Å²) < 4.78 is 0. The second-order valence-corrected chi connectivity index (χ2v) is 13.5. The maximum Gasteiger partial charge on any atom is 0.326 e. The summed E-state index contributed by atoms with van der Waals surface area (Å²) in [4.78, 5) is 80.9. The number of carbonyl (C=O) groups excluding carboxylic acids is 5. The van der Waals surface area contributed by atoms with Crippen molar-refractivity contribution >= 4 is 35.5 Å². The van der Waals surface area contributed by atoms with Gasteiger partial charge >= 0.3 is 5.97 Å². The van der Waals surface area contributed by atoms with Gasteiger partial charge in [0, 0.05) is 25.8 Å². The monoisotopic (exact) mass is 748 g/mol. The molecule has 14 heteroatoms. The number of primary amides is 1. The number of fused-ring (bicyclic) bond motifs is 1. The van der Waals surface area contributed by atoms with E-state index in [2.05, 4.69) is 16.0 Å². The van der Waals surface area contributed by atoms with Gasteiger partial charge in [0.25, 0.3) is 0 Å². The number of carboxylic acids is 1. The summed E-state index contributed by atoms with van der Waals surface area (Å²) in [7, 11) is 0. The van der Waals surface area contributed by atoms with Crippen molar-refractivity contribution in [3.8, 4) is 5.75 Å². The molecule has 5 amide bonds. The molecule has 9 N–H and O–H groups in total. The van der Waals surface area contributed by atoms with Crippen molar-refractivity contribution in [2.24, 2.45) is 11.5 Å². The first-order valence-corrected chi connectivity index (χ1v) is 17.8. The molecule has 1 aliphatic rings. The third kappa shape index (κ3) is 11.0. The molecule has 5 rings (SSSR count). The molecular formula is C41H44N6O8. The van der Waals surface area contributed by atoms with Crippen molar-refractivity contribution in [2.75, 3.05) is 0 Å². The SMILES string of the molecule is NC(=O)C[C@H](NC(=O)[C@H](Cc1ccccc1)NC(=O)[C@H](Cc1ccccc1)NC(=O)[C@@H]1Cc2ccccc2CN1C(=O)[C@@H](N)Cc1ccc(O)cc1)C(=O)O. The van der Waals surface area contributed by atoms with E-state index in [4.69, 9.17) is 11.5 Å². The highest BCUT2D eigenvalue weighted by molar-refractivity contribution is 5.96. The van der Waals surface area contributed by atoms with Crippen LogP contribution in [0.3, 0.4) is 0 Å². The van der Waals surface area contributed by atoms with Gasteiger partial charge in [-0.15, -0.1) is 0 Å². The Morgan fingerprint density at radius 3 is 1.69 bits per heavy atom. The van der Waals surface area contributed by atoms with Gasteiger partial charge in [-0.2, -0.15) is 0 Å². The van der Waals surface area contributed by atoms with Gasteiger partial charge in [0.05, 0.1) is 12.5 Å². The molecule has 0 spiro atoms. The number of aliphatic carboxylic acids is 1. The molecular weight excluding hydrogens is 704 g/mol. The fraction of sp³-hybridized carbons (Fsp3) is 0.268. The predicted molar refractivity (Wildman–Crippen MR) is 202 cm³/mol. The van der Waals surface area contributed by atoms with E-state index in [1.54, 1.807) is 72.8 Å². The molecule has 1 heterocycles. The lowest BCUT2D eigenvalue weighted by Crippen LogP contribution is -2.61. The lowest BCUT2D eigenvalue weighted by Gasteiger charge is -2.38. The van der Waals surface area contributed by atoms with E-state index < -0.39 is 72.1 Å². The van der Waals surface area contributed by atoms with Crippen LogP contribution in [-0.2, 0) is 61.0 Å². The summed E-state index contributed by atoms with van der Waals surface area (Å²) in [6, 6.07) is 25.1. The highest BCUT2D eigenvalue weighted by Gasteiger charge is 2.38. The first-order valence-electron chi connectivity index (χ1n) is 17.8. The third-order valence-electron chi connectivity index (χ3n) is 9.39. The zero-order chi connectivity index (χ0) is 39.5. The average Bonchev–Trinajstić information content (AvgIpc) is 3.17. The second kappa shape index (κ2) is 18.5. The highest BCUT2D eigenvalue weighted by atomic mass is 16.4. The van der Waals surface area contributed by atoms with E-state index in [0.717, 1.165) is 16.7 Å². The van der Waals surface area contributed by atoms with Crippen molar-refractivity contribution in [3.63, 3.8) is 0 Å². The minimum absolute atomic E-state index is 0.00906. The lowest BCUT2D eigenvalue weighted by molar-refractivity contribution is -0.144. The Labute approximate surface area is 317 Å². The van der Waals surface area contributed by atoms with Gasteiger partial charge in [0.15, 0.2) is 0 Å². The fourth-order valence-electron chi connectivity index (χ4n) is 6.51. The Bertz CT molecular complexity index is 1990. The van der Waals surface area contributed by atoms with Crippen LogP contribution in [0.25, 0.3) is 0 Å². The largest absolute Gasteiger partial charge is 0.508 e. The van der Waals surface area contributed by atoms with Crippen LogP contribution in [0, 0.1) is 0 Å². The normalized spacial score (nSPS) is 15.7. The topological polar surface area (TPSA) is 234 Å². The number of nitrogens with zero attached hydrogens (tertiary/aromatic N) is 1. The van der Waals surface area contributed by atoms with Crippen molar-refractivity contribution in [1.29, 1.82) is 0 Å². The number of phenols is 1. The quantitative estimate of drug-likeness (QED) is 0.0869. The molecule has 1 aliphatic heterocycles. The standard InChI is InChI=1S/C41H44N6O8/c42-31(19-27-15-17-30(48)18-16-27)40(53)47-24-29-14-8-7-13-28(29)22-35(47)39(52)45-33(21-26-11-5-2-6-12-26)37(50)44-32(20-25-9-3-1-4-10-25)38(51)46-34(41(54)55)23-36(43)49/h1-18,31-35,48H,19-24,42H2,(H2,43,49)(H,44,50)(H,45,52)(H,46,51)(H,54,55)/t31-,32-,33-,34-,35-/m0/s1. The number of benzene rings is 4. The third-order valence-corrected chi connectivity index (χ3v) is 9.39. The zero-order valence-corrected chi connectivity index (χ0v) is 30.0. The molecule has 0 fully saturated rings. The molecule has 0 saturated carbocycles. The van der Waals surface area contributed by atoms with Crippen LogP contribution in [0.5, 0.6) is 5.75 Å². The maximum absolute atomic E-state index is 14.3. The van der Waals surface area contributed by atoms with E-state index in [1.165, 1.54) is 17.0 Å². The maximum atomic E-state index is 14.3. The van der Waals surface area contributed by atoms with Crippen LogP contribution in [0.15, 0.2) is 109 Å². The van der Waals surface area contributed by atoms with Crippen LogP contribution in [-0.4, -0.2) is 80.8 Å². The van der Waals surface area contributed by atoms with Gasteiger partial charge in [-0.3, -0.25) is 24.0 Å². The van der Waals surface area contributed by atoms with E-state index in [0.29, 0.717) is 11.1 Å². The number of amides is 5. The molecule has 5 atom stereocenters. The van der Waals surface area contributed by atoms with Crippen molar-refractivity contribution in [3.05, 3.63) is 137 Å². The molecule has 55 heavy (non-hydrogen) atoms. The molecule has 0 aromatic heterocycles. The first-order chi connectivity index (χ1) is 26.4. The van der Waals surface area contributed by atoms with E-state index in [1.807, 2.05) is 24.3 Å². The minimum atomic E-state index is -1.64. The minimum Gasteiger partial charge on any atom is -0.508 e. The average molecular weight is 749 g/mol. The molecule has 0 bridgehead atoms. The molecule has 4 aromatic carbocycles. The predicted octanol–water partition coefficient (Wildman–Crippen LogP) is 1.12. The van der Waals surface area contributed by atoms with Crippen molar-refractivity contribution in [2.45, 2.75) is 68.9 Å². The molecule has 0 unspecified atom stereocenters. The lowest BCUT2D eigenvalue weighted by atomic mass is 9.92. The number of phenolic OH excluding ortho intramolecular Hbond substituents is 1. The summed E-state index contributed by atoms with van der Waals surface area (Å²) in [6.45, 7) is 0.0985. The Kier molecular flexibility index (Phi) is 13.3. The molecule has 14 nitrogen and oxygen atoms in total. The number of carboxylic acid groups (broad SMARTS) is 1. The zero-order valence-electron chi connectivity index (χ0n) is 30.0. The van der Waals surface area contributed by atoms with Crippen LogP contribution >= 0.6 is 0 Å². The van der Waals surface area contributed by atoms with Gasteiger partial charge in [-0.1, -0.05) is 97.1 Å². The number of hydrogen-bond donors (Lipinski definition) is 7. The van der Waals surface area contributed by atoms with Crippen LogP contribution in [0.2, 0.25) is 0 Å².